The second-order valence-electron chi connectivity index (χ2n) is 4.24. The number of anilines is 2. The minimum absolute atomic E-state index is 0.257. The average Bonchev–Trinajstić information content (AvgIpc) is 2.75. The molecule has 0 aliphatic rings. The van der Waals surface area contributed by atoms with Gasteiger partial charge in [-0.05, 0) is 35.9 Å². The molecule has 0 fully saturated rings. The monoisotopic (exact) mass is 241 g/mol. The van der Waals surface area contributed by atoms with Crippen LogP contribution in [-0.4, -0.2) is 4.98 Å². The molecule has 3 aromatic rings. The summed E-state index contributed by atoms with van der Waals surface area (Å²) < 4.78 is 13.1. The molecule has 18 heavy (non-hydrogen) atoms. The third-order valence-corrected chi connectivity index (χ3v) is 3.04. The first-order valence-electron chi connectivity index (χ1n) is 5.57. The average molecular weight is 241 g/mol. The van der Waals surface area contributed by atoms with Crippen molar-refractivity contribution in [3.8, 4) is 11.1 Å². The molecule has 0 atom stereocenters. The number of nitrogens with two attached hydrogens (primary N) is 2. The van der Waals surface area contributed by atoms with Crippen molar-refractivity contribution in [2.45, 2.75) is 0 Å². The van der Waals surface area contributed by atoms with Gasteiger partial charge in [0.25, 0.3) is 0 Å². The van der Waals surface area contributed by atoms with Gasteiger partial charge in [-0.15, -0.1) is 0 Å². The number of hydrogen-bond donors (Lipinski definition) is 3. The van der Waals surface area contributed by atoms with Crippen LogP contribution in [0.2, 0.25) is 0 Å². The zero-order valence-corrected chi connectivity index (χ0v) is 9.57. The van der Waals surface area contributed by atoms with Gasteiger partial charge in [0.05, 0.1) is 11.4 Å². The molecule has 0 aliphatic heterocycles. The summed E-state index contributed by atoms with van der Waals surface area (Å²) in [6, 6.07) is 10.2. The quantitative estimate of drug-likeness (QED) is 0.573. The fourth-order valence-electron chi connectivity index (χ4n) is 2.08. The molecule has 0 aliphatic carbocycles. The molecule has 0 saturated carbocycles. The molecule has 1 heterocycles. The lowest BCUT2D eigenvalue weighted by molar-refractivity contribution is 0.629. The molecule has 4 heteroatoms. The van der Waals surface area contributed by atoms with Crippen molar-refractivity contribution in [2.24, 2.45) is 0 Å². The second-order valence-corrected chi connectivity index (χ2v) is 4.24. The van der Waals surface area contributed by atoms with Crippen LogP contribution in [-0.2, 0) is 0 Å². The van der Waals surface area contributed by atoms with E-state index in [9.17, 15) is 4.39 Å². The summed E-state index contributed by atoms with van der Waals surface area (Å²) in [7, 11) is 0. The van der Waals surface area contributed by atoms with Crippen LogP contribution in [0, 0.1) is 5.82 Å². The highest BCUT2D eigenvalue weighted by molar-refractivity contribution is 5.96. The number of H-pyrrole nitrogens is 1. The fraction of sp³-hybridized carbons (Fsp3) is 0. The highest BCUT2D eigenvalue weighted by Gasteiger charge is 2.07. The van der Waals surface area contributed by atoms with Crippen LogP contribution in [0.4, 0.5) is 15.8 Å². The molecule has 3 rings (SSSR count). The minimum atomic E-state index is -0.257. The van der Waals surface area contributed by atoms with Crippen LogP contribution in [0.3, 0.4) is 0 Å². The van der Waals surface area contributed by atoms with Crippen molar-refractivity contribution in [3.05, 3.63) is 48.4 Å². The van der Waals surface area contributed by atoms with E-state index in [-0.39, 0.29) is 5.82 Å². The molecule has 0 saturated heterocycles. The first kappa shape index (κ1) is 10.7. The Morgan fingerprint density at radius 1 is 0.944 bits per heavy atom. The summed E-state index contributed by atoms with van der Waals surface area (Å²) in [6.07, 6.45) is 1.84. The first-order chi connectivity index (χ1) is 8.65. The number of benzene rings is 2. The van der Waals surface area contributed by atoms with Crippen LogP contribution in [0.1, 0.15) is 0 Å². The van der Waals surface area contributed by atoms with Crippen LogP contribution < -0.4 is 11.5 Å². The summed E-state index contributed by atoms with van der Waals surface area (Å²) in [6.45, 7) is 0. The molecule has 0 spiro atoms. The lowest BCUT2D eigenvalue weighted by Crippen LogP contribution is -1.94. The largest absolute Gasteiger partial charge is 0.397 e. The normalized spacial score (nSPS) is 10.9. The molecule has 2 aromatic carbocycles. The number of fused-ring (bicyclic) bond motifs is 1. The van der Waals surface area contributed by atoms with Crippen LogP contribution >= 0.6 is 0 Å². The van der Waals surface area contributed by atoms with Gasteiger partial charge in [0.15, 0.2) is 0 Å². The number of nitrogen functional groups attached to an aromatic ring is 2. The Kier molecular flexibility index (Phi) is 2.23. The van der Waals surface area contributed by atoms with Crippen molar-refractivity contribution < 1.29 is 4.39 Å². The highest BCUT2D eigenvalue weighted by atomic mass is 19.1. The molecule has 0 radical (unpaired) electrons. The van der Waals surface area contributed by atoms with Crippen molar-refractivity contribution in [2.75, 3.05) is 11.5 Å². The Bertz CT molecular complexity index is 731. The summed E-state index contributed by atoms with van der Waals surface area (Å²) in [5, 5.41) is 0.959. The number of rotatable bonds is 1. The minimum Gasteiger partial charge on any atom is -0.397 e. The maximum Gasteiger partial charge on any atom is 0.125 e. The Labute approximate surface area is 103 Å². The number of hydrogen-bond acceptors (Lipinski definition) is 2. The molecular formula is C14H12FN3. The van der Waals surface area contributed by atoms with Gasteiger partial charge in [-0.2, -0.15) is 0 Å². The number of aromatic amines is 1. The van der Waals surface area contributed by atoms with Gasteiger partial charge >= 0.3 is 0 Å². The van der Waals surface area contributed by atoms with E-state index in [4.69, 9.17) is 11.5 Å². The van der Waals surface area contributed by atoms with Gasteiger partial charge in [-0.25, -0.2) is 4.39 Å². The van der Waals surface area contributed by atoms with E-state index in [2.05, 4.69) is 4.98 Å². The maximum atomic E-state index is 13.1. The molecule has 0 bridgehead atoms. The fourth-order valence-corrected chi connectivity index (χ4v) is 2.08. The number of aromatic nitrogens is 1. The smallest absolute Gasteiger partial charge is 0.125 e. The van der Waals surface area contributed by atoms with Crippen LogP contribution in [0.25, 0.3) is 22.0 Å². The molecule has 5 N–H and O–H groups in total. The standard InChI is InChI=1S/C14H12FN3/c15-9-2-3-10-11(7-18-14(10)6-9)8-1-4-12(16)13(17)5-8/h1-7,18H,16-17H2. The number of nitrogens with one attached hydrogen (secondary N) is 1. The second kappa shape index (κ2) is 3.77. The van der Waals surface area contributed by atoms with Gasteiger partial charge < -0.3 is 16.5 Å². The predicted octanol–water partition coefficient (Wildman–Crippen LogP) is 3.14. The zero-order chi connectivity index (χ0) is 12.7. The Balaban J connectivity index is 2.22. The van der Waals surface area contributed by atoms with E-state index in [1.165, 1.54) is 12.1 Å². The third kappa shape index (κ3) is 1.59. The Morgan fingerprint density at radius 2 is 1.78 bits per heavy atom. The number of halogens is 1. The summed E-state index contributed by atoms with van der Waals surface area (Å²) in [5.41, 5.74) is 15.3. The SMILES string of the molecule is Nc1ccc(-c2c[nH]c3cc(F)ccc23)cc1N. The van der Waals surface area contributed by atoms with Gasteiger partial charge in [0.1, 0.15) is 5.82 Å². The van der Waals surface area contributed by atoms with Gasteiger partial charge in [0, 0.05) is 22.7 Å². The van der Waals surface area contributed by atoms with E-state index in [0.29, 0.717) is 11.4 Å². The lowest BCUT2D eigenvalue weighted by Gasteiger charge is -2.04. The Hall–Kier alpha value is -2.49. The molecule has 1 aromatic heterocycles. The molecule has 0 unspecified atom stereocenters. The van der Waals surface area contributed by atoms with Crippen molar-refractivity contribution in [1.82, 2.24) is 4.98 Å². The lowest BCUT2D eigenvalue weighted by atomic mass is 10.0. The topological polar surface area (TPSA) is 67.8 Å². The van der Waals surface area contributed by atoms with Crippen LogP contribution in [0.15, 0.2) is 42.6 Å². The molecular weight excluding hydrogens is 229 g/mol. The van der Waals surface area contributed by atoms with Gasteiger partial charge in [-0.1, -0.05) is 6.07 Å². The van der Waals surface area contributed by atoms with Gasteiger partial charge in [-0.3, -0.25) is 0 Å². The van der Waals surface area contributed by atoms with Crippen molar-refractivity contribution in [1.29, 1.82) is 0 Å². The first-order valence-corrected chi connectivity index (χ1v) is 5.57. The maximum absolute atomic E-state index is 13.1. The van der Waals surface area contributed by atoms with E-state index < -0.39 is 0 Å². The van der Waals surface area contributed by atoms with Gasteiger partial charge in [0.2, 0.25) is 0 Å². The van der Waals surface area contributed by atoms with Crippen molar-refractivity contribution >= 4 is 22.3 Å². The molecule has 90 valence electrons. The van der Waals surface area contributed by atoms with Crippen molar-refractivity contribution in [3.63, 3.8) is 0 Å². The van der Waals surface area contributed by atoms with Crippen LogP contribution in [0.5, 0.6) is 0 Å². The molecule has 3 nitrogen and oxygen atoms in total. The highest BCUT2D eigenvalue weighted by Crippen LogP contribution is 2.31. The third-order valence-electron chi connectivity index (χ3n) is 3.04. The summed E-state index contributed by atoms with van der Waals surface area (Å²) in [5.74, 6) is -0.257. The van der Waals surface area contributed by atoms with E-state index in [1.54, 1.807) is 12.1 Å². The Morgan fingerprint density at radius 3 is 2.56 bits per heavy atom. The van der Waals surface area contributed by atoms with E-state index in [1.807, 2.05) is 18.3 Å². The molecule has 0 amide bonds. The predicted molar refractivity (Wildman–Crippen MR) is 72.5 cm³/mol. The van der Waals surface area contributed by atoms with E-state index in [0.717, 1.165) is 22.0 Å². The van der Waals surface area contributed by atoms with E-state index >= 15 is 0 Å². The zero-order valence-electron chi connectivity index (χ0n) is 9.57. The summed E-state index contributed by atoms with van der Waals surface area (Å²) >= 11 is 0. The summed E-state index contributed by atoms with van der Waals surface area (Å²) in [4.78, 5) is 3.05.